The second-order valence-corrected chi connectivity index (χ2v) is 12.7. The van der Waals surface area contributed by atoms with Gasteiger partial charge >= 0.3 is 0 Å². The van der Waals surface area contributed by atoms with Gasteiger partial charge in [0.2, 0.25) is 0 Å². The van der Waals surface area contributed by atoms with Crippen molar-refractivity contribution in [3.05, 3.63) is 111 Å². The van der Waals surface area contributed by atoms with E-state index in [2.05, 4.69) is 22.0 Å². The molecule has 6 rings (SSSR count). The van der Waals surface area contributed by atoms with Crippen molar-refractivity contribution in [1.82, 2.24) is 19.7 Å². The van der Waals surface area contributed by atoms with E-state index in [0.29, 0.717) is 39.5 Å². The van der Waals surface area contributed by atoms with Gasteiger partial charge < -0.3 is 10.1 Å². The number of hydrogen-bond acceptors (Lipinski definition) is 5. The summed E-state index contributed by atoms with van der Waals surface area (Å²) in [5.74, 6) is 0.479. The minimum Gasteiger partial charge on any atom is -0.379 e. The number of para-hydroxylation sites is 1. The van der Waals surface area contributed by atoms with E-state index in [1.165, 1.54) is 6.42 Å². The molecule has 1 N–H and O–H groups in total. The lowest BCUT2D eigenvalue weighted by Gasteiger charge is -2.34. The van der Waals surface area contributed by atoms with E-state index in [9.17, 15) is 9.59 Å². The molecule has 0 unspecified atom stereocenters. The van der Waals surface area contributed by atoms with Gasteiger partial charge in [-0.1, -0.05) is 79.2 Å². The van der Waals surface area contributed by atoms with Crippen molar-refractivity contribution in [3.8, 4) is 5.69 Å². The first kappa shape index (κ1) is 31.5. The maximum Gasteiger partial charge on any atom is 0.264 e. The van der Waals surface area contributed by atoms with Gasteiger partial charge in [-0.25, -0.2) is 0 Å². The number of halogens is 1. The number of nitrogens with one attached hydrogen (secondary N) is 1. The van der Waals surface area contributed by atoms with Crippen LogP contribution in [0.1, 0.15) is 60.3 Å². The standard InChI is InChI=1S/C37H43ClN4O3/c1-2-32(28-10-5-3-6-11-28)39-36(43)35-30-14-9-15-31(38)34(30)37(44)42(29-12-7-4-8-13-29)33(35)26-41-20-17-27(18-21-41)16-19-40-22-24-45-25-23-40/h3-15,27,32H,2,16-26H2,1H3,(H,39,43)/t32-/m0/s1. The summed E-state index contributed by atoms with van der Waals surface area (Å²) >= 11 is 6.71. The highest BCUT2D eigenvalue weighted by molar-refractivity contribution is 6.36. The molecule has 2 saturated heterocycles. The number of piperidine rings is 1. The highest BCUT2D eigenvalue weighted by atomic mass is 35.5. The van der Waals surface area contributed by atoms with Crippen LogP contribution in [0.4, 0.5) is 0 Å². The molecule has 2 aliphatic rings. The Morgan fingerprint density at radius 1 is 0.911 bits per heavy atom. The van der Waals surface area contributed by atoms with Crippen LogP contribution in [-0.4, -0.2) is 66.2 Å². The lowest BCUT2D eigenvalue weighted by molar-refractivity contribution is 0.0334. The number of fused-ring (bicyclic) bond motifs is 1. The zero-order valence-electron chi connectivity index (χ0n) is 26.1. The minimum atomic E-state index is -0.205. The van der Waals surface area contributed by atoms with E-state index < -0.39 is 0 Å². The van der Waals surface area contributed by atoms with Gasteiger partial charge in [0.15, 0.2) is 0 Å². The molecule has 0 aliphatic carbocycles. The van der Waals surface area contributed by atoms with Crippen molar-refractivity contribution < 1.29 is 9.53 Å². The van der Waals surface area contributed by atoms with Crippen molar-refractivity contribution in [2.45, 2.75) is 45.2 Å². The van der Waals surface area contributed by atoms with Crippen LogP contribution in [0, 0.1) is 5.92 Å². The predicted octanol–water partition coefficient (Wildman–Crippen LogP) is 6.46. The Hall–Kier alpha value is -3.49. The fourth-order valence-electron chi connectivity index (χ4n) is 6.88. The average Bonchev–Trinajstić information content (AvgIpc) is 3.08. The normalized spacial score (nSPS) is 17.4. The maximum absolute atomic E-state index is 14.5. The lowest BCUT2D eigenvalue weighted by atomic mass is 9.92. The number of carbonyl (C=O) groups is 1. The van der Waals surface area contributed by atoms with Gasteiger partial charge in [-0.3, -0.25) is 24.0 Å². The van der Waals surface area contributed by atoms with Crippen molar-refractivity contribution in [2.75, 3.05) is 45.9 Å². The first-order valence-corrected chi connectivity index (χ1v) is 16.7. The number of morpholine rings is 1. The number of pyridine rings is 1. The van der Waals surface area contributed by atoms with Crippen LogP contribution < -0.4 is 10.9 Å². The van der Waals surface area contributed by atoms with Gasteiger partial charge in [0.1, 0.15) is 0 Å². The predicted molar refractivity (Wildman–Crippen MR) is 181 cm³/mol. The van der Waals surface area contributed by atoms with Crippen molar-refractivity contribution in [3.63, 3.8) is 0 Å². The molecule has 4 aromatic rings. The minimum absolute atomic E-state index is 0.167. The van der Waals surface area contributed by atoms with Gasteiger partial charge in [0.25, 0.3) is 11.5 Å². The first-order valence-electron chi connectivity index (χ1n) is 16.3. The van der Waals surface area contributed by atoms with Crippen LogP contribution in [0.2, 0.25) is 5.02 Å². The zero-order chi connectivity index (χ0) is 31.2. The molecule has 1 atom stereocenters. The molecule has 45 heavy (non-hydrogen) atoms. The SMILES string of the molecule is CC[C@H](NC(=O)c1c(CN2CCC(CCN3CCOCC3)CC2)n(-c2ccccc2)c(=O)c2c(Cl)cccc12)c1ccccc1. The van der Waals surface area contributed by atoms with Crippen LogP contribution in [0.3, 0.4) is 0 Å². The van der Waals surface area contributed by atoms with Crippen LogP contribution in [-0.2, 0) is 11.3 Å². The van der Waals surface area contributed by atoms with Crippen LogP contribution in [0.15, 0.2) is 83.7 Å². The third-order valence-electron chi connectivity index (χ3n) is 9.45. The van der Waals surface area contributed by atoms with E-state index in [-0.39, 0.29) is 17.5 Å². The largest absolute Gasteiger partial charge is 0.379 e. The summed E-state index contributed by atoms with van der Waals surface area (Å²) < 4.78 is 7.23. The highest BCUT2D eigenvalue weighted by Gasteiger charge is 2.28. The van der Waals surface area contributed by atoms with Crippen LogP contribution >= 0.6 is 11.6 Å². The summed E-state index contributed by atoms with van der Waals surface area (Å²) in [4.78, 5) is 33.7. The molecule has 0 radical (unpaired) electrons. The molecule has 2 aliphatic heterocycles. The molecule has 0 saturated carbocycles. The second-order valence-electron chi connectivity index (χ2n) is 12.3. The summed E-state index contributed by atoms with van der Waals surface area (Å²) in [6, 6.07) is 24.9. The topological polar surface area (TPSA) is 66.8 Å². The quantitative estimate of drug-likeness (QED) is 0.219. The molecular weight excluding hydrogens is 584 g/mol. The number of carbonyl (C=O) groups excluding carboxylic acids is 1. The molecule has 0 spiro atoms. The Balaban J connectivity index is 1.35. The molecule has 0 bridgehead atoms. The Kier molecular flexibility index (Phi) is 10.3. The molecule has 1 aromatic heterocycles. The van der Waals surface area contributed by atoms with Gasteiger partial charge in [-0.05, 0) is 75.0 Å². The Labute approximate surface area is 270 Å². The zero-order valence-corrected chi connectivity index (χ0v) is 26.8. The first-order chi connectivity index (χ1) is 22.0. The lowest BCUT2D eigenvalue weighted by Crippen LogP contribution is -2.40. The molecule has 3 aromatic carbocycles. The second kappa shape index (κ2) is 14.7. The van der Waals surface area contributed by atoms with E-state index >= 15 is 0 Å². The summed E-state index contributed by atoms with van der Waals surface area (Å²) in [7, 11) is 0. The van der Waals surface area contributed by atoms with E-state index in [1.54, 1.807) is 10.6 Å². The molecule has 3 heterocycles. The van der Waals surface area contributed by atoms with Crippen LogP contribution in [0.25, 0.3) is 16.5 Å². The summed E-state index contributed by atoms with van der Waals surface area (Å²) in [6.45, 7) is 9.25. The third kappa shape index (κ3) is 7.17. The number of amides is 1. The number of hydrogen-bond donors (Lipinski definition) is 1. The van der Waals surface area contributed by atoms with Crippen LogP contribution in [0.5, 0.6) is 0 Å². The molecule has 8 heteroatoms. The van der Waals surface area contributed by atoms with Gasteiger partial charge in [-0.2, -0.15) is 0 Å². The maximum atomic E-state index is 14.5. The Morgan fingerprint density at radius 2 is 1.60 bits per heavy atom. The fraction of sp³-hybridized carbons (Fsp3) is 0.405. The Morgan fingerprint density at radius 3 is 2.29 bits per heavy atom. The summed E-state index contributed by atoms with van der Waals surface area (Å²) in [6.07, 6.45) is 4.14. The summed E-state index contributed by atoms with van der Waals surface area (Å²) in [5, 5.41) is 4.62. The number of rotatable bonds is 10. The van der Waals surface area contributed by atoms with E-state index in [4.69, 9.17) is 16.3 Å². The number of likely N-dealkylation sites (tertiary alicyclic amines) is 1. The fourth-order valence-corrected chi connectivity index (χ4v) is 7.13. The number of ether oxygens (including phenoxy) is 1. The molecular formula is C37H43ClN4O3. The Bertz CT molecular complexity index is 1650. The van der Waals surface area contributed by atoms with Gasteiger partial charge in [-0.15, -0.1) is 0 Å². The van der Waals surface area contributed by atoms with E-state index in [1.807, 2.05) is 72.8 Å². The molecule has 236 valence electrons. The number of nitrogens with zero attached hydrogens (tertiary/aromatic N) is 3. The number of aromatic nitrogens is 1. The number of benzene rings is 3. The third-order valence-corrected chi connectivity index (χ3v) is 9.77. The highest BCUT2D eigenvalue weighted by Crippen LogP contribution is 2.30. The average molecular weight is 627 g/mol. The van der Waals surface area contributed by atoms with Gasteiger partial charge in [0.05, 0.1) is 40.9 Å². The monoisotopic (exact) mass is 626 g/mol. The molecule has 1 amide bonds. The van der Waals surface area contributed by atoms with Crippen molar-refractivity contribution in [1.29, 1.82) is 0 Å². The van der Waals surface area contributed by atoms with E-state index in [0.717, 1.165) is 76.5 Å². The molecule has 7 nitrogen and oxygen atoms in total. The van der Waals surface area contributed by atoms with Gasteiger partial charge in [0, 0.05) is 30.7 Å². The summed E-state index contributed by atoms with van der Waals surface area (Å²) in [5.41, 5.74) is 2.79. The molecule has 2 fully saturated rings. The van der Waals surface area contributed by atoms with Crippen molar-refractivity contribution in [2.24, 2.45) is 5.92 Å². The van der Waals surface area contributed by atoms with Crippen molar-refractivity contribution >= 4 is 28.3 Å². The smallest absolute Gasteiger partial charge is 0.264 e.